The van der Waals surface area contributed by atoms with Gasteiger partial charge in [-0.1, -0.05) is 0 Å². The van der Waals surface area contributed by atoms with Crippen molar-refractivity contribution in [1.29, 1.82) is 0 Å². The molecular weight excluding hydrogens is 330 g/mol. The normalized spacial score (nSPS) is 22.1. The van der Waals surface area contributed by atoms with Crippen molar-refractivity contribution >= 4 is 11.7 Å². The van der Waals surface area contributed by atoms with Gasteiger partial charge in [0, 0.05) is 43.0 Å². The number of amides is 1. The van der Waals surface area contributed by atoms with Gasteiger partial charge in [0.2, 0.25) is 0 Å². The van der Waals surface area contributed by atoms with Crippen molar-refractivity contribution in [3.8, 4) is 0 Å². The fourth-order valence-electron chi connectivity index (χ4n) is 3.64. The summed E-state index contributed by atoms with van der Waals surface area (Å²) >= 11 is 0. The van der Waals surface area contributed by atoms with E-state index in [1.165, 1.54) is 12.8 Å². The molecule has 3 heterocycles. The van der Waals surface area contributed by atoms with E-state index in [1.807, 2.05) is 0 Å². The predicted octanol–water partition coefficient (Wildman–Crippen LogP) is 1.64. The zero-order chi connectivity index (χ0) is 17.9. The number of nitrogens with one attached hydrogen (secondary N) is 1. The summed E-state index contributed by atoms with van der Waals surface area (Å²) in [5.74, 6) is 1.19. The number of aliphatic hydroxyl groups excluding tert-OH is 1. The largest absolute Gasteiger partial charge is 0.392 e. The van der Waals surface area contributed by atoms with Crippen LogP contribution in [0.15, 0.2) is 30.7 Å². The standard InChI is InChI=1S/C19H23N5O2/c25-11-13-3-4-20-17(7-13)19(26)23-15-8-14(9-15)16-10-18(22-12-21-16)24-5-1-2-6-24/h3-4,7,10,12,14-15,25H,1-2,5-6,8-9,11H2,(H,23,26). The monoisotopic (exact) mass is 353 g/mol. The van der Waals surface area contributed by atoms with Gasteiger partial charge >= 0.3 is 0 Å². The minimum absolute atomic E-state index is 0.0959. The van der Waals surface area contributed by atoms with Gasteiger partial charge in [0.1, 0.15) is 17.8 Å². The second-order valence-corrected chi connectivity index (χ2v) is 7.04. The molecule has 7 heteroatoms. The molecule has 2 N–H and O–H groups in total. The topological polar surface area (TPSA) is 91.2 Å². The van der Waals surface area contributed by atoms with Crippen molar-refractivity contribution in [3.63, 3.8) is 0 Å². The highest BCUT2D eigenvalue weighted by Gasteiger charge is 2.33. The van der Waals surface area contributed by atoms with Gasteiger partial charge in [-0.15, -0.1) is 0 Å². The molecule has 0 atom stereocenters. The molecule has 1 saturated heterocycles. The summed E-state index contributed by atoms with van der Waals surface area (Å²) in [5.41, 5.74) is 2.10. The second-order valence-electron chi connectivity index (χ2n) is 7.04. The van der Waals surface area contributed by atoms with Crippen LogP contribution in [0.1, 0.15) is 53.3 Å². The summed E-state index contributed by atoms with van der Waals surface area (Å²) < 4.78 is 0. The molecule has 2 aromatic rings. The van der Waals surface area contributed by atoms with Crippen LogP contribution >= 0.6 is 0 Å². The summed E-state index contributed by atoms with van der Waals surface area (Å²) in [6, 6.07) is 5.55. The van der Waals surface area contributed by atoms with Crippen molar-refractivity contribution < 1.29 is 9.90 Å². The fraction of sp³-hybridized carbons (Fsp3) is 0.474. The minimum atomic E-state index is -0.191. The van der Waals surface area contributed by atoms with Crippen LogP contribution in [0, 0.1) is 0 Å². The number of pyridine rings is 1. The third kappa shape index (κ3) is 3.53. The van der Waals surface area contributed by atoms with E-state index >= 15 is 0 Å². The maximum Gasteiger partial charge on any atom is 0.270 e. The van der Waals surface area contributed by atoms with Gasteiger partial charge in [0.15, 0.2) is 0 Å². The molecule has 26 heavy (non-hydrogen) atoms. The number of aromatic nitrogens is 3. The molecule has 0 spiro atoms. The van der Waals surface area contributed by atoms with Gasteiger partial charge in [-0.05, 0) is 43.4 Å². The van der Waals surface area contributed by atoms with Crippen LogP contribution in [0.25, 0.3) is 0 Å². The molecular formula is C19H23N5O2. The zero-order valence-corrected chi connectivity index (χ0v) is 14.6. The number of anilines is 1. The summed E-state index contributed by atoms with van der Waals surface area (Å²) in [6.07, 6.45) is 7.40. The quantitative estimate of drug-likeness (QED) is 0.849. The summed E-state index contributed by atoms with van der Waals surface area (Å²) in [6.45, 7) is 2.04. The Bertz CT molecular complexity index is 785. The molecule has 0 aromatic carbocycles. The molecule has 0 unspecified atom stereocenters. The highest BCUT2D eigenvalue weighted by molar-refractivity contribution is 5.92. The lowest BCUT2D eigenvalue weighted by molar-refractivity contribution is 0.0903. The molecule has 2 aromatic heterocycles. The number of carbonyl (C=O) groups excluding carboxylic acids is 1. The van der Waals surface area contributed by atoms with Gasteiger partial charge in [-0.2, -0.15) is 0 Å². The fourth-order valence-corrected chi connectivity index (χ4v) is 3.64. The second kappa shape index (κ2) is 7.37. The molecule has 1 saturated carbocycles. The Labute approximate surface area is 152 Å². The van der Waals surface area contributed by atoms with Crippen LogP contribution in [-0.2, 0) is 6.61 Å². The van der Waals surface area contributed by atoms with Crippen LogP contribution in [0.2, 0.25) is 0 Å². The lowest BCUT2D eigenvalue weighted by atomic mass is 9.78. The van der Waals surface area contributed by atoms with Gasteiger partial charge < -0.3 is 15.3 Å². The van der Waals surface area contributed by atoms with E-state index in [4.69, 9.17) is 5.11 Å². The number of hydrogen-bond acceptors (Lipinski definition) is 6. The maximum atomic E-state index is 12.3. The molecule has 2 aliphatic rings. The summed E-state index contributed by atoms with van der Waals surface area (Å²) in [4.78, 5) is 27.5. The van der Waals surface area contributed by atoms with Crippen LogP contribution in [0.5, 0.6) is 0 Å². The van der Waals surface area contributed by atoms with Crippen molar-refractivity contribution in [2.75, 3.05) is 18.0 Å². The first-order valence-electron chi connectivity index (χ1n) is 9.16. The Morgan fingerprint density at radius 3 is 2.77 bits per heavy atom. The summed E-state index contributed by atoms with van der Waals surface area (Å²) in [7, 11) is 0. The average Bonchev–Trinajstić information content (AvgIpc) is 3.19. The predicted molar refractivity (Wildman–Crippen MR) is 96.9 cm³/mol. The molecule has 1 amide bonds. The number of aliphatic hydroxyl groups is 1. The first kappa shape index (κ1) is 16.9. The molecule has 1 aliphatic carbocycles. The number of hydrogen-bond donors (Lipinski definition) is 2. The zero-order valence-electron chi connectivity index (χ0n) is 14.6. The maximum absolute atomic E-state index is 12.3. The van der Waals surface area contributed by atoms with Crippen LogP contribution in [0.3, 0.4) is 0 Å². The number of nitrogens with zero attached hydrogens (tertiary/aromatic N) is 4. The third-order valence-corrected chi connectivity index (χ3v) is 5.23. The van der Waals surface area contributed by atoms with E-state index in [9.17, 15) is 4.79 Å². The number of rotatable bonds is 5. The van der Waals surface area contributed by atoms with Gasteiger partial charge in [0.05, 0.1) is 6.61 Å². The lowest BCUT2D eigenvalue weighted by Gasteiger charge is -2.35. The first-order chi connectivity index (χ1) is 12.7. The summed E-state index contributed by atoms with van der Waals surface area (Å²) in [5, 5.41) is 12.2. The molecule has 4 rings (SSSR count). The van der Waals surface area contributed by atoms with E-state index in [1.54, 1.807) is 24.7 Å². The van der Waals surface area contributed by atoms with Crippen molar-refractivity contribution in [2.45, 2.75) is 44.2 Å². The first-order valence-corrected chi connectivity index (χ1v) is 9.16. The highest BCUT2D eigenvalue weighted by atomic mass is 16.3. The molecule has 0 bridgehead atoms. The molecule has 7 nitrogen and oxygen atoms in total. The third-order valence-electron chi connectivity index (χ3n) is 5.23. The van der Waals surface area contributed by atoms with Gasteiger partial charge in [0.25, 0.3) is 5.91 Å². The number of carbonyl (C=O) groups is 1. The Hall–Kier alpha value is -2.54. The average molecular weight is 353 g/mol. The van der Waals surface area contributed by atoms with Crippen LogP contribution < -0.4 is 10.2 Å². The smallest absolute Gasteiger partial charge is 0.270 e. The Balaban J connectivity index is 1.34. The minimum Gasteiger partial charge on any atom is -0.392 e. The van der Waals surface area contributed by atoms with Gasteiger partial charge in [-0.3, -0.25) is 9.78 Å². The Kier molecular flexibility index (Phi) is 4.79. The molecule has 1 aliphatic heterocycles. The van der Waals surface area contributed by atoms with E-state index < -0.39 is 0 Å². The molecule has 136 valence electrons. The van der Waals surface area contributed by atoms with E-state index in [0.717, 1.165) is 37.4 Å². The van der Waals surface area contributed by atoms with Gasteiger partial charge in [-0.25, -0.2) is 9.97 Å². The lowest BCUT2D eigenvalue weighted by Crippen LogP contribution is -2.43. The van der Waals surface area contributed by atoms with E-state index in [0.29, 0.717) is 17.2 Å². The Morgan fingerprint density at radius 1 is 1.19 bits per heavy atom. The molecule has 2 fully saturated rings. The van der Waals surface area contributed by atoms with Crippen LogP contribution in [0.4, 0.5) is 5.82 Å². The Morgan fingerprint density at radius 2 is 2.00 bits per heavy atom. The van der Waals surface area contributed by atoms with Crippen LogP contribution in [-0.4, -0.2) is 45.1 Å². The van der Waals surface area contributed by atoms with E-state index in [2.05, 4.69) is 31.2 Å². The SMILES string of the molecule is O=C(NC1CC(c2cc(N3CCCC3)ncn2)C1)c1cc(CO)ccn1. The van der Waals surface area contributed by atoms with Crippen molar-refractivity contribution in [1.82, 2.24) is 20.3 Å². The van der Waals surface area contributed by atoms with Crippen molar-refractivity contribution in [3.05, 3.63) is 47.7 Å². The highest BCUT2D eigenvalue weighted by Crippen LogP contribution is 2.36. The van der Waals surface area contributed by atoms with Crippen molar-refractivity contribution in [2.24, 2.45) is 0 Å². The van der Waals surface area contributed by atoms with E-state index in [-0.39, 0.29) is 18.6 Å². The molecule has 0 radical (unpaired) electrons.